The van der Waals surface area contributed by atoms with Gasteiger partial charge >= 0.3 is 0 Å². The quantitative estimate of drug-likeness (QED) is 0.158. The van der Waals surface area contributed by atoms with E-state index in [0.29, 0.717) is 34.6 Å². The number of carbonyl (C=O) groups excluding carboxylic acids is 1. The van der Waals surface area contributed by atoms with E-state index in [1.807, 2.05) is 50.2 Å². The SMILES string of the molecule is CC(C)CC(=O)Nc1cncc(-c2cc3c(-c4cc5c(-c6cc(F)cc(CNS(C)(=O)=O)c6)cccc5[nH]4)n[nH]c3cn2)c1. The summed E-state index contributed by atoms with van der Waals surface area (Å²) in [7, 11) is -3.43. The van der Waals surface area contributed by atoms with Gasteiger partial charge in [0.05, 0.1) is 41.2 Å². The number of hydrogen-bond donors (Lipinski definition) is 4. The van der Waals surface area contributed by atoms with E-state index in [4.69, 9.17) is 0 Å². The highest BCUT2D eigenvalue weighted by Crippen LogP contribution is 2.35. The Bertz CT molecular complexity index is 2140. The molecule has 0 fully saturated rings. The van der Waals surface area contributed by atoms with Crippen LogP contribution in [0.15, 0.2) is 73.2 Å². The number of nitrogens with zero attached hydrogens (tertiary/aromatic N) is 3. The van der Waals surface area contributed by atoms with E-state index < -0.39 is 15.8 Å². The molecule has 0 atom stereocenters. The van der Waals surface area contributed by atoms with Gasteiger partial charge in [-0.25, -0.2) is 17.5 Å². The molecule has 1 amide bonds. The Hall–Kier alpha value is -4.94. The van der Waals surface area contributed by atoms with Crippen molar-refractivity contribution in [3.05, 3.63) is 84.6 Å². The number of rotatable bonds is 9. The second-order valence-electron chi connectivity index (χ2n) is 11.2. The van der Waals surface area contributed by atoms with Gasteiger partial charge in [0.1, 0.15) is 11.5 Å². The number of sulfonamides is 1. The molecule has 4 heterocycles. The summed E-state index contributed by atoms with van der Waals surface area (Å²) in [6.07, 6.45) is 6.49. The van der Waals surface area contributed by atoms with E-state index in [2.05, 4.69) is 35.2 Å². The van der Waals surface area contributed by atoms with Gasteiger partial charge in [0.2, 0.25) is 15.9 Å². The van der Waals surface area contributed by atoms with Crippen molar-refractivity contribution in [2.24, 2.45) is 5.92 Å². The van der Waals surface area contributed by atoms with Gasteiger partial charge < -0.3 is 10.3 Å². The molecule has 0 aliphatic rings. The predicted molar refractivity (Wildman–Crippen MR) is 170 cm³/mol. The Morgan fingerprint density at radius 2 is 1.82 bits per heavy atom. The highest BCUT2D eigenvalue weighted by molar-refractivity contribution is 7.88. The molecule has 12 heteroatoms. The lowest BCUT2D eigenvalue weighted by Crippen LogP contribution is -2.21. The Kier molecular flexibility index (Phi) is 7.70. The molecule has 10 nitrogen and oxygen atoms in total. The van der Waals surface area contributed by atoms with Gasteiger partial charge in [-0.15, -0.1) is 0 Å². The summed E-state index contributed by atoms with van der Waals surface area (Å²) in [4.78, 5) is 24.6. The number of aromatic amines is 2. The van der Waals surface area contributed by atoms with Crippen LogP contribution in [0, 0.1) is 11.7 Å². The zero-order chi connectivity index (χ0) is 31.0. The number of anilines is 1. The van der Waals surface area contributed by atoms with Crippen LogP contribution in [0.25, 0.3) is 55.6 Å². The minimum Gasteiger partial charge on any atom is -0.353 e. The summed E-state index contributed by atoms with van der Waals surface area (Å²) in [5, 5.41) is 12.2. The van der Waals surface area contributed by atoms with Crippen LogP contribution >= 0.6 is 0 Å². The van der Waals surface area contributed by atoms with Crippen LogP contribution in [-0.4, -0.2) is 45.7 Å². The molecule has 0 unspecified atom stereocenters. The number of benzene rings is 2. The lowest BCUT2D eigenvalue weighted by Gasteiger charge is -2.08. The van der Waals surface area contributed by atoms with Crippen molar-refractivity contribution in [3.8, 4) is 33.8 Å². The van der Waals surface area contributed by atoms with Crippen LogP contribution in [-0.2, 0) is 21.4 Å². The lowest BCUT2D eigenvalue weighted by molar-refractivity contribution is -0.116. The zero-order valence-electron chi connectivity index (χ0n) is 24.3. The fourth-order valence-electron chi connectivity index (χ4n) is 5.17. The molecule has 6 rings (SSSR count). The van der Waals surface area contributed by atoms with Crippen molar-refractivity contribution >= 4 is 43.4 Å². The normalized spacial score (nSPS) is 11.9. The highest BCUT2D eigenvalue weighted by atomic mass is 32.2. The molecule has 2 aromatic carbocycles. The van der Waals surface area contributed by atoms with Crippen molar-refractivity contribution in [1.82, 2.24) is 29.9 Å². The third-order valence-electron chi connectivity index (χ3n) is 7.08. The van der Waals surface area contributed by atoms with Gasteiger partial charge in [0.25, 0.3) is 0 Å². The van der Waals surface area contributed by atoms with Gasteiger partial charge in [-0.1, -0.05) is 26.0 Å². The van der Waals surface area contributed by atoms with Gasteiger partial charge in [0.15, 0.2) is 0 Å². The highest BCUT2D eigenvalue weighted by Gasteiger charge is 2.16. The van der Waals surface area contributed by atoms with Crippen LogP contribution in [0.3, 0.4) is 0 Å². The fraction of sp³-hybridized carbons (Fsp3) is 0.188. The van der Waals surface area contributed by atoms with Gasteiger partial charge in [-0.3, -0.25) is 19.9 Å². The molecule has 224 valence electrons. The van der Waals surface area contributed by atoms with Crippen molar-refractivity contribution < 1.29 is 17.6 Å². The molecule has 0 spiro atoms. The lowest BCUT2D eigenvalue weighted by atomic mass is 9.99. The summed E-state index contributed by atoms with van der Waals surface area (Å²) in [6.45, 7) is 3.96. The first-order valence-electron chi connectivity index (χ1n) is 14.0. The Morgan fingerprint density at radius 1 is 0.977 bits per heavy atom. The maximum absolute atomic E-state index is 14.6. The Labute approximate surface area is 253 Å². The molecule has 44 heavy (non-hydrogen) atoms. The molecular weight excluding hydrogens is 581 g/mol. The average Bonchev–Trinajstić information content (AvgIpc) is 3.59. The summed E-state index contributed by atoms with van der Waals surface area (Å²) in [5.74, 6) is -0.291. The van der Waals surface area contributed by atoms with E-state index in [1.54, 1.807) is 24.7 Å². The van der Waals surface area contributed by atoms with Crippen molar-refractivity contribution in [2.75, 3.05) is 11.6 Å². The van der Waals surface area contributed by atoms with E-state index >= 15 is 0 Å². The summed E-state index contributed by atoms with van der Waals surface area (Å²) >= 11 is 0. The first kappa shape index (κ1) is 29.1. The summed E-state index contributed by atoms with van der Waals surface area (Å²) in [6, 6.07) is 16.0. The largest absolute Gasteiger partial charge is 0.353 e. The maximum atomic E-state index is 14.6. The number of amides is 1. The first-order chi connectivity index (χ1) is 21.0. The molecule has 0 saturated heterocycles. The maximum Gasteiger partial charge on any atom is 0.224 e. The van der Waals surface area contributed by atoms with Crippen LogP contribution in [0.5, 0.6) is 0 Å². The topological polar surface area (TPSA) is 146 Å². The van der Waals surface area contributed by atoms with Crippen molar-refractivity contribution in [1.29, 1.82) is 0 Å². The summed E-state index contributed by atoms with van der Waals surface area (Å²) < 4.78 is 40.2. The number of halogens is 1. The minimum atomic E-state index is -3.43. The molecule has 0 bridgehead atoms. The molecule has 6 aromatic rings. The number of fused-ring (bicyclic) bond motifs is 2. The van der Waals surface area contributed by atoms with Crippen LogP contribution in [0.4, 0.5) is 10.1 Å². The zero-order valence-corrected chi connectivity index (χ0v) is 25.1. The minimum absolute atomic E-state index is 0.0175. The van der Waals surface area contributed by atoms with E-state index in [0.717, 1.165) is 44.9 Å². The summed E-state index contributed by atoms with van der Waals surface area (Å²) in [5.41, 5.74) is 6.92. The number of nitrogens with one attached hydrogen (secondary N) is 4. The third kappa shape index (κ3) is 6.36. The van der Waals surface area contributed by atoms with Gasteiger partial charge in [0, 0.05) is 41.0 Å². The molecule has 0 aliphatic carbocycles. The van der Waals surface area contributed by atoms with Crippen molar-refractivity contribution in [2.45, 2.75) is 26.8 Å². The predicted octanol–water partition coefficient (Wildman–Crippen LogP) is 6.01. The van der Waals surface area contributed by atoms with E-state index in [-0.39, 0.29) is 18.4 Å². The number of carbonyl (C=O) groups is 1. The number of pyridine rings is 2. The number of hydrogen-bond acceptors (Lipinski definition) is 6. The Morgan fingerprint density at radius 3 is 2.61 bits per heavy atom. The average molecular weight is 612 g/mol. The third-order valence-corrected chi connectivity index (χ3v) is 7.75. The molecule has 0 aliphatic heterocycles. The van der Waals surface area contributed by atoms with Crippen LogP contribution < -0.4 is 10.0 Å². The van der Waals surface area contributed by atoms with Crippen LogP contribution in [0.2, 0.25) is 0 Å². The van der Waals surface area contributed by atoms with E-state index in [1.165, 1.54) is 12.1 Å². The number of aromatic nitrogens is 5. The first-order valence-corrected chi connectivity index (χ1v) is 15.9. The second kappa shape index (κ2) is 11.6. The molecule has 4 N–H and O–H groups in total. The smallest absolute Gasteiger partial charge is 0.224 e. The molecule has 0 radical (unpaired) electrons. The fourth-order valence-corrected chi connectivity index (χ4v) is 5.60. The standard InChI is InChI=1S/C32H30FN7O3S/c1-18(2)7-31(41)37-23-11-21(15-34-16-23)28-13-26-30(17-35-28)39-40-32(26)29-12-25-24(5-4-6-27(25)38-29)20-8-19(9-22(33)10-20)14-36-44(3,42)43/h4-6,8-13,15-18,36,38H,7,14H2,1-3H3,(H,37,41)(H,39,40). The van der Waals surface area contributed by atoms with Gasteiger partial charge in [-0.05, 0) is 65.1 Å². The van der Waals surface area contributed by atoms with Gasteiger partial charge in [-0.2, -0.15) is 5.10 Å². The van der Waals surface area contributed by atoms with Crippen LogP contribution in [0.1, 0.15) is 25.8 Å². The molecule has 4 aromatic heterocycles. The van der Waals surface area contributed by atoms with Crippen molar-refractivity contribution in [3.63, 3.8) is 0 Å². The monoisotopic (exact) mass is 611 g/mol. The molecular formula is C32H30FN7O3S. The Balaban J connectivity index is 1.36. The van der Waals surface area contributed by atoms with E-state index in [9.17, 15) is 17.6 Å². The molecule has 0 saturated carbocycles. The number of H-pyrrole nitrogens is 2. The second-order valence-corrected chi connectivity index (χ2v) is 13.0.